The average molecular weight is 343 g/mol. The lowest BCUT2D eigenvalue weighted by Crippen LogP contribution is -2.47. The van der Waals surface area contributed by atoms with Crippen LogP contribution in [0.2, 0.25) is 0 Å². The van der Waals surface area contributed by atoms with E-state index in [1.165, 1.54) is 11.1 Å². The first-order chi connectivity index (χ1) is 11.1. The molecular formula is C20H23ClN2O. The van der Waals surface area contributed by atoms with Crippen molar-refractivity contribution in [1.82, 2.24) is 4.90 Å². The van der Waals surface area contributed by atoms with Gasteiger partial charge in [-0.05, 0) is 50.7 Å². The first-order valence-corrected chi connectivity index (χ1v) is 8.33. The molecule has 4 rings (SSSR count). The highest BCUT2D eigenvalue weighted by atomic mass is 35.5. The number of amides is 1. The zero-order valence-electron chi connectivity index (χ0n) is 14.1. The summed E-state index contributed by atoms with van der Waals surface area (Å²) in [7, 11) is 2.17. The molecule has 1 amide bonds. The van der Waals surface area contributed by atoms with Crippen molar-refractivity contribution < 1.29 is 4.79 Å². The lowest BCUT2D eigenvalue weighted by atomic mass is 9.88. The zero-order chi connectivity index (χ0) is 16.0. The van der Waals surface area contributed by atoms with E-state index < -0.39 is 0 Å². The summed E-state index contributed by atoms with van der Waals surface area (Å²) in [6.07, 6.45) is 1.04. The Bertz CT molecular complexity index is 747. The molecule has 0 aliphatic carbocycles. The molecule has 0 spiro atoms. The van der Waals surface area contributed by atoms with Crippen LogP contribution in [0.1, 0.15) is 33.8 Å². The monoisotopic (exact) mass is 342 g/mol. The number of hydrogen-bond donors (Lipinski definition) is 0. The maximum absolute atomic E-state index is 13.1. The van der Waals surface area contributed by atoms with Crippen LogP contribution >= 0.6 is 12.4 Å². The largest absolute Gasteiger partial charge is 0.306 e. The molecule has 0 saturated carbocycles. The fourth-order valence-corrected chi connectivity index (χ4v) is 4.07. The summed E-state index contributed by atoms with van der Waals surface area (Å²) < 4.78 is 0. The second-order valence-electron chi connectivity index (χ2n) is 6.83. The van der Waals surface area contributed by atoms with Crippen LogP contribution in [0.15, 0.2) is 48.5 Å². The molecule has 0 aromatic heterocycles. The molecule has 0 N–H and O–H groups in total. The standard InChI is InChI=1S/C20H22N2O.ClH/c1-14-8-9-18-16(12-14)17-13-21(2)11-10-19(17)22(18)20(23)15-6-4-3-5-7-15;/h3-9,12,17,19H,10-11,13H2,1-2H3;1H. The summed E-state index contributed by atoms with van der Waals surface area (Å²) in [5.41, 5.74) is 4.49. The van der Waals surface area contributed by atoms with Crippen LogP contribution < -0.4 is 4.90 Å². The Morgan fingerprint density at radius 2 is 1.88 bits per heavy atom. The van der Waals surface area contributed by atoms with E-state index in [9.17, 15) is 4.79 Å². The van der Waals surface area contributed by atoms with Crippen LogP contribution in [0.3, 0.4) is 0 Å². The number of halogens is 1. The smallest absolute Gasteiger partial charge is 0.258 e. The summed E-state index contributed by atoms with van der Waals surface area (Å²) in [6, 6.07) is 16.5. The van der Waals surface area contributed by atoms with Crippen LogP contribution in [0.25, 0.3) is 0 Å². The fraction of sp³-hybridized carbons (Fsp3) is 0.350. The third-order valence-electron chi connectivity index (χ3n) is 5.19. The van der Waals surface area contributed by atoms with E-state index in [2.05, 4.69) is 42.0 Å². The van der Waals surface area contributed by atoms with E-state index in [-0.39, 0.29) is 24.4 Å². The van der Waals surface area contributed by atoms with Crippen molar-refractivity contribution in [3.8, 4) is 0 Å². The third kappa shape index (κ3) is 2.72. The van der Waals surface area contributed by atoms with Gasteiger partial charge in [-0.3, -0.25) is 4.79 Å². The van der Waals surface area contributed by atoms with Crippen LogP contribution in [-0.2, 0) is 0 Å². The number of hydrogen-bond acceptors (Lipinski definition) is 2. The van der Waals surface area contributed by atoms with Crippen molar-refractivity contribution in [2.45, 2.75) is 25.3 Å². The number of aryl methyl sites for hydroxylation is 1. The molecule has 126 valence electrons. The number of piperidine rings is 1. The number of likely N-dealkylation sites (tertiary alicyclic amines) is 1. The molecule has 1 saturated heterocycles. The SMILES string of the molecule is Cc1ccc2c(c1)C1CN(C)CCC1N2C(=O)c1ccccc1.Cl. The van der Waals surface area contributed by atoms with Gasteiger partial charge >= 0.3 is 0 Å². The molecule has 2 atom stereocenters. The van der Waals surface area contributed by atoms with Crippen LogP contribution in [-0.4, -0.2) is 37.0 Å². The summed E-state index contributed by atoms with van der Waals surface area (Å²) in [5, 5.41) is 0. The average Bonchev–Trinajstić information content (AvgIpc) is 2.88. The second-order valence-corrected chi connectivity index (χ2v) is 6.83. The van der Waals surface area contributed by atoms with E-state index in [1.807, 2.05) is 30.3 Å². The zero-order valence-corrected chi connectivity index (χ0v) is 14.9. The molecule has 1 fully saturated rings. The summed E-state index contributed by atoms with van der Waals surface area (Å²) in [5.74, 6) is 0.559. The van der Waals surface area contributed by atoms with Gasteiger partial charge in [0.2, 0.25) is 0 Å². The Labute approximate surface area is 149 Å². The quantitative estimate of drug-likeness (QED) is 0.785. The lowest BCUT2D eigenvalue weighted by Gasteiger charge is -2.36. The molecule has 0 radical (unpaired) electrons. The van der Waals surface area contributed by atoms with Gasteiger partial charge in [0.25, 0.3) is 5.91 Å². The summed E-state index contributed by atoms with van der Waals surface area (Å²) >= 11 is 0. The van der Waals surface area contributed by atoms with Gasteiger partial charge in [-0.25, -0.2) is 0 Å². The molecule has 2 unspecified atom stereocenters. The lowest BCUT2D eigenvalue weighted by molar-refractivity contribution is 0.0964. The van der Waals surface area contributed by atoms with E-state index in [4.69, 9.17) is 0 Å². The molecule has 0 bridgehead atoms. The van der Waals surface area contributed by atoms with Crippen molar-refractivity contribution >= 4 is 24.0 Å². The molecule has 2 aliphatic heterocycles. The van der Waals surface area contributed by atoms with Crippen molar-refractivity contribution in [3.63, 3.8) is 0 Å². The second kappa shape index (κ2) is 6.58. The Morgan fingerprint density at radius 3 is 2.62 bits per heavy atom. The van der Waals surface area contributed by atoms with Crippen molar-refractivity contribution in [2.24, 2.45) is 0 Å². The van der Waals surface area contributed by atoms with Crippen molar-refractivity contribution in [3.05, 3.63) is 65.2 Å². The Kier molecular flexibility index (Phi) is 4.66. The normalized spacial score (nSPS) is 22.5. The fourth-order valence-electron chi connectivity index (χ4n) is 4.07. The van der Waals surface area contributed by atoms with Crippen LogP contribution in [0.4, 0.5) is 5.69 Å². The molecule has 4 heteroatoms. The minimum absolute atomic E-state index is 0. The minimum Gasteiger partial charge on any atom is -0.306 e. The van der Waals surface area contributed by atoms with E-state index in [0.717, 1.165) is 30.8 Å². The van der Waals surface area contributed by atoms with Gasteiger partial charge in [0.1, 0.15) is 0 Å². The van der Waals surface area contributed by atoms with Gasteiger partial charge in [0.05, 0.1) is 0 Å². The van der Waals surface area contributed by atoms with Crippen molar-refractivity contribution in [2.75, 3.05) is 25.0 Å². The Hall–Kier alpha value is -1.84. The molecule has 2 aliphatic rings. The Morgan fingerprint density at radius 1 is 1.12 bits per heavy atom. The molecular weight excluding hydrogens is 320 g/mol. The maximum atomic E-state index is 13.1. The molecule has 3 nitrogen and oxygen atoms in total. The summed E-state index contributed by atoms with van der Waals surface area (Å²) in [6.45, 7) is 4.20. The number of carbonyl (C=O) groups is 1. The first kappa shape index (κ1) is 17.0. The van der Waals surface area contributed by atoms with E-state index in [1.54, 1.807) is 0 Å². The molecule has 2 aromatic carbocycles. The predicted molar refractivity (Wildman–Crippen MR) is 100 cm³/mol. The summed E-state index contributed by atoms with van der Waals surface area (Å²) in [4.78, 5) is 17.6. The van der Waals surface area contributed by atoms with Crippen LogP contribution in [0.5, 0.6) is 0 Å². The number of fused-ring (bicyclic) bond motifs is 3. The number of likely N-dealkylation sites (N-methyl/N-ethyl adjacent to an activating group) is 1. The number of anilines is 1. The molecule has 2 aromatic rings. The van der Waals surface area contributed by atoms with Gasteiger partial charge < -0.3 is 9.80 Å². The van der Waals surface area contributed by atoms with Gasteiger partial charge in [0.15, 0.2) is 0 Å². The number of rotatable bonds is 1. The maximum Gasteiger partial charge on any atom is 0.258 e. The number of benzene rings is 2. The topological polar surface area (TPSA) is 23.6 Å². The minimum atomic E-state index is 0. The van der Waals surface area contributed by atoms with Gasteiger partial charge in [-0.1, -0.05) is 35.9 Å². The van der Waals surface area contributed by atoms with E-state index >= 15 is 0 Å². The predicted octanol–water partition coefficient (Wildman–Crippen LogP) is 3.86. The first-order valence-electron chi connectivity index (χ1n) is 8.33. The molecule has 24 heavy (non-hydrogen) atoms. The number of nitrogens with zero attached hydrogens (tertiary/aromatic N) is 2. The third-order valence-corrected chi connectivity index (χ3v) is 5.19. The van der Waals surface area contributed by atoms with Gasteiger partial charge in [-0.15, -0.1) is 12.4 Å². The molecule has 2 heterocycles. The van der Waals surface area contributed by atoms with Gasteiger partial charge in [0, 0.05) is 29.8 Å². The Balaban J connectivity index is 0.00000169. The highest BCUT2D eigenvalue weighted by molar-refractivity contribution is 6.08. The van der Waals surface area contributed by atoms with Crippen molar-refractivity contribution in [1.29, 1.82) is 0 Å². The number of carbonyl (C=O) groups excluding carboxylic acids is 1. The van der Waals surface area contributed by atoms with E-state index in [0.29, 0.717) is 5.92 Å². The van der Waals surface area contributed by atoms with Crippen LogP contribution in [0, 0.1) is 6.92 Å². The highest BCUT2D eigenvalue weighted by Crippen LogP contribution is 2.45. The highest BCUT2D eigenvalue weighted by Gasteiger charge is 2.43. The van der Waals surface area contributed by atoms with Gasteiger partial charge in [-0.2, -0.15) is 0 Å².